The highest BCUT2D eigenvalue weighted by Crippen LogP contribution is 2.22. The molecule has 1 aliphatic heterocycles. The number of carbonyl (C=O) groups is 1. The summed E-state index contributed by atoms with van der Waals surface area (Å²) in [5.74, 6) is -0.0419. The summed E-state index contributed by atoms with van der Waals surface area (Å²) in [7, 11) is 0. The van der Waals surface area contributed by atoms with Crippen molar-refractivity contribution in [3.8, 4) is 0 Å². The van der Waals surface area contributed by atoms with Crippen molar-refractivity contribution in [3.63, 3.8) is 0 Å². The van der Waals surface area contributed by atoms with Gasteiger partial charge >= 0.3 is 0 Å². The molecule has 1 atom stereocenters. The van der Waals surface area contributed by atoms with E-state index in [0.717, 1.165) is 30.3 Å². The van der Waals surface area contributed by atoms with Gasteiger partial charge in [-0.05, 0) is 43.9 Å². The molecule has 1 amide bonds. The Balaban J connectivity index is 1.92. The molecule has 1 aromatic carbocycles. The molecule has 0 spiro atoms. The molecule has 21 heavy (non-hydrogen) atoms. The van der Waals surface area contributed by atoms with Gasteiger partial charge in [0, 0.05) is 23.1 Å². The van der Waals surface area contributed by atoms with E-state index < -0.39 is 0 Å². The number of halogens is 1. The molecule has 0 aliphatic carbocycles. The average Bonchev–Trinajstić information content (AvgIpc) is 2.46. The first-order chi connectivity index (χ1) is 10.1. The van der Waals surface area contributed by atoms with Crippen molar-refractivity contribution in [3.05, 3.63) is 28.2 Å². The van der Waals surface area contributed by atoms with E-state index >= 15 is 0 Å². The molecule has 0 bridgehead atoms. The number of anilines is 1. The lowest BCUT2D eigenvalue weighted by molar-refractivity contribution is -0.117. The van der Waals surface area contributed by atoms with Crippen molar-refractivity contribution < 1.29 is 9.53 Å². The van der Waals surface area contributed by atoms with Gasteiger partial charge in [-0.2, -0.15) is 0 Å². The van der Waals surface area contributed by atoms with Crippen LogP contribution in [0.2, 0.25) is 0 Å². The number of nitrogens with two attached hydrogens (primary N) is 1. The van der Waals surface area contributed by atoms with Crippen molar-refractivity contribution >= 4 is 44.7 Å². The summed E-state index contributed by atoms with van der Waals surface area (Å²) in [6.07, 6.45) is 4.75. The van der Waals surface area contributed by atoms with Gasteiger partial charge in [-0.3, -0.25) is 4.79 Å². The zero-order valence-corrected chi connectivity index (χ0v) is 14.1. The quantitative estimate of drug-likeness (QED) is 0.779. The molecule has 1 heterocycles. The minimum absolute atomic E-state index is 0.0419. The summed E-state index contributed by atoms with van der Waals surface area (Å²) in [6.45, 7) is 0.809. The molecular weight excluding hydrogens is 352 g/mol. The molecule has 1 aromatic rings. The van der Waals surface area contributed by atoms with E-state index in [1.54, 1.807) is 6.07 Å². The van der Waals surface area contributed by atoms with Gasteiger partial charge in [0.25, 0.3) is 0 Å². The van der Waals surface area contributed by atoms with E-state index in [0.29, 0.717) is 17.7 Å². The number of ether oxygens (including phenoxy) is 1. The van der Waals surface area contributed by atoms with Crippen LogP contribution in [0.3, 0.4) is 0 Å². The summed E-state index contributed by atoms with van der Waals surface area (Å²) < 4.78 is 6.50. The van der Waals surface area contributed by atoms with Crippen LogP contribution in [-0.4, -0.2) is 23.6 Å². The number of rotatable bonds is 5. The van der Waals surface area contributed by atoms with E-state index in [2.05, 4.69) is 21.2 Å². The van der Waals surface area contributed by atoms with Crippen LogP contribution in [0.5, 0.6) is 0 Å². The summed E-state index contributed by atoms with van der Waals surface area (Å²) in [5, 5.41) is 2.88. The molecule has 2 rings (SSSR count). The Morgan fingerprint density at radius 1 is 1.48 bits per heavy atom. The van der Waals surface area contributed by atoms with Crippen molar-refractivity contribution in [2.45, 2.75) is 38.2 Å². The second kappa shape index (κ2) is 7.87. The predicted octanol–water partition coefficient (Wildman–Crippen LogP) is 3.37. The summed E-state index contributed by atoms with van der Waals surface area (Å²) >= 11 is 8.39. The minimum atomic E-state index is -0.0419. The molecule has 1 fully saturated rings. The van der Waals surface area contributed by atoms with Crippen molar-refractivity contribution in [2.24, 2.45) is 5.73 Å². The first kappa shape index (κ1) is 16.4. The summed E-state index contributed by atoms with van der Waals surface area (Å²) in [4.78, 5) is 12.3. The topological polar surface area (TPSA) is 64.3 Å². The average molecular weight is 371 g/mol. The van der Waals surface area contributed by atoms with Crippen LogP contribution in [-0.2, 0) is 9.53 Å². The van der Waals surface area contributed by atoms with Crippen LogP contribution >= 0.6 is 28.1 Å². The fraction of sp³-hybridized carbons (Fsp3) is 0.467. The predicted molar refractivity (Wildman–Crippen MR) is 91.5 cm³/mol. The molecule has 0 aromatic heterocycles. The van der Waals surface area contributed by atoms with Crippen LogP contribution < -0.4 is 11.1 Å². The zero-order chi connectivity index (χ0) is 15.2. The molecule has 1 saturated heterocycles. The highest BCUT2D eigenvalue weighted by molar-refractivity contribution is 9.10. The van der Waals surface area contributed by atoms with Crippen molar-refractivity contribution in [1.82, 2.24) is 0 Å². The maximum absolute atomic E-state index is 12.1. The lowest BCUT2D eigenvalue weighted by Crippen LogP contribution is -2.22. The molecule has 114 valence electrons. The number of hydrogen-bond acceptors (Lipinski definition) is 3. The standard InChI is InChI=1S/C15H19BrN2O2S/c16-10-4-6-12(15(17)21)13(9-10)18-14(19)7-5-11-3-1-2-8-20-11/h4,6,9,11H,1-3,5,7-8H2,(H2,17,21)(H,18,19). The lowest BCUT2D eigenvalue weighted by Gasteiger charge is -2.22. The Bertz CT molecular complexity index is 530. The second-order valence-electron chi connectivity index (χ2n) is 5.13. The minimum Gasteiger partial charge on any atom is -0.389 e. The first-order valence-corrected chi connectivity index (χ1v) is 8.27. The number of hydrogen-bond donors (Lipinski definition) is 2. The third-order valence-corrected chi connectivity index (χ3v) is 4.20. The molecule has 6 heteroatoms. The van der Waals surface area contributed by atoms with Gasteiger partial charge in [0.05, 0.1) is 11.8 Å². The Morgan fingerprint density at radius 2 is 2.29 bits per heavy atom. The van der Waals surface area contributed by atoms with Crippen LogP contribution in [0.1, 0.15) is 37.7 Å². The third kappa shape index (κ3) is 5.05. The number of nitrogens with one attached hydrogen (secondary N) is 1. The molecule has 3 N–H and O–H groups in total. The first-order valence-electron chi connectivity index (χ1n) is 7.07. The monoisotopic (exact) mass is 370 g/mol. The Hall–Kier alpha value is -0.980. The van der Waals surface area contributed by atoms with Gasteiger partial charge in [-0.25, -0.2) is 0 Å². The molecule has 0 saturated carbocycles. The van der Waals surface area contributed by atoms with E-state index in [9.17, 15) is 4.79 Å². The fourth-order valence-electron chi connectivity index (χ4n) is 2.37. The largest absolute Gasteiger partial charge is 0.389 e. The van der Waals surface area contributed by atoms with Gasteiger partial charge in [0.1, 0.15) is 4.99 Å². The normalized spacial score (nSPS) is 18.2. The van der Waals surface area contributed by atoms with Crippen molar-refractivity contribution in [1.29, 1.82) is 0 Å². The van der Waals surface area contributed by atoms with Crippen molar-refractivity contribution in [2.75, 3.05) is 11.9 Å². The highest BCUT2D eigenvalue weighted by atomic mass is 79.9. The maximum atomic E-state index is 12.1. The van der Waals surface area contributed by atoms with Gasteiger partial charge in [0.15, 0.2) is 0 Å². The van der Waals surface area contributed by atoms with E-state index in [1.807, 2.05) is 12.1 Å². The van der Waals surface area contributed by atoms with Crippen LogP contribution in [0.15, 0.2) is 22.7 Å². The van der Waals surface area contributed by atoms with Crippen LogP contribution in [0, 0.1) is 0 Å². The van der Waals surface area contributed by atoms with Gasteiger partial charge in [-0.1, -0.05) is 28.1 Å². The number of benzene rings is 1. The Morgan fingerprint density at radius 3 is 2.95 bits per heavy atom. The van der Waals surface area contributed by atoms with E-state index in [4.69, 9.17) is 22.7 Å². The van der Waals surface area contributed by atoms with Crippen LogP contribution in [0.4, 0.5) is 5.69 Å². The third-order valence-electron chi connectivity index (χ3n) is 3.49. The molecule has 4 nitrogen and oxygen atoms in total. The number of carbonyl (C=O) groups excluding carboxylic acids is 1. The Labute approximate surface area is 138 Å². The second-order valence-corrected chi connectivity index (χ2v) is 6.49. The smallest absolute Gasteiger partial charge is 0.224 e. The Kier molecular flexibility index (Phi) is 6.14. The van der Waals surface area contributed by atoms with Gasteiger partial charge < -0.3 is 15.8 Å². The van der Waals surface area contributed by atoms with E-state index in [-0.39, 0.29) is 17.0 Å². The molecule has 1 unspecified atom stereocenters. The highest BCUT2D eigenvalue weighted by Gasteiger charge is 2.16. The number of amides is 1. The summed E-state index contributed by atoms with van der Waals surface area (Å²) in [6, 6.07) is 5.45. The molecule has 1 aliphatic rings. The van der Waals surface area contributed by atoms with Gasteiger partial charge in [0.2, 0.25) is 5.91 Å². The maximum Gasteiger partial charge on any atom is 0.224 e. The lowest BCUT2D eigenvalue weighted by atomic mass is 10.0. The fourth-order valence-corrected chi connectivity index (χ4v) is 2.91. The van der Waals surface area contributed by atoms with Crippen LogP contribution in [0.25, 0.3) is 0 Å². The SMILES string of the molecule is NC(=S)c1ccc(Br)cc1NC(=O)CCC1CCCCO1. The summed E-state index contributed by atoms with van der Waals surface area (Å²) in [5.41, 5.74) is 7.00. The van der Waals surface area contributed by atoms with Gasteiger partial charge in [-0.15, -0.1) is 0 Å². The number of thiocarbonyl (C=S) groups is 1. The zero-order valence-electron chi connectivity index (χ0n) is 11.7. The van der Waals surface area contributed by atoms with E-state index in [1.165, 1.54) is 6.42 Å². The molecular formula is C15H19BrN2O2S. The molecule has 0 radical (unpaired) electrons.